The molecule has 1 fully saturated rings. The second-order valence-corrected chi connectivity index (χ2v) is 9.56. The number of benzene rings is 3. The fourth-order valence-corrected chi connectivity index (χ4v) is 4.98. The van der Waals surface area contributed by atoms with Gasteiger partial charge in [-0.15, -0.1) is 0 Å². The summed E-state index contributed by atoms with van der Waals surface area (Å²) in [5.41, 5.74) is 2.86. The molecule has 3 N–H and O–H groups in total. The van der Waals surface area contributed by atoms with Gasteiger partial charge in [0.05, 0.1) is 17.1 Å². The number of hydrogen-bond donors (Lipinski definition) is 3. The number of aromatic nitrogens is 2. The van der Waals surface area contributed by atoms with E-state index in [-0.39, 0.29) is 17.5 Å². The van der Waals surface area contributed by atoms with Crippen molar-refractivity contribution in [2.24, 2.45) is 0 Å². The molecule has 0 aliphatic carbocycles. The number of likely N-dealkylation sites (tertiary alicyclic amines) is 1. The maximum Gasteiger partial charge on any atom is 0.337 e. The first kappa shape index (κ1) is 25.4. The Morgan fingerprint density at radius 1 is 0.921 bits per heavy atom. The highest BCUT2D eigenvalue weighted by Crippen LogP contribution is 2.29. The van der Waals surface area contributed by atoms with Crippen molar-refractivity contribution < 1.29 is 14.7 Å². The number of carbonyl (C=O) groups is 2. The molecule has 38 heavy (non-hydrogen) atoms. The fraction of sp³-hybridized carbons (Fsp3) is 0.267. The molecule has 0 spiro atoms. The quantitative estimate of drug-likeness (QED) is 0.269. The van der Waals surface area contributed by atoms with Crippen LogP contribution in [0.25, 0.3) is 10.9 Å². The maximum absolute atomic E-state index is 12.8. The van der Waals surface area contributed by atoms with E-state index in [4.69, 9.17) is 0 Å². The first-order valence-electron chi connectivity index (χ1n) is 13.0. The van der Waals surface area contributed by atoms with E-state index < -0.39 is 5.97 Å². The third kappa shape index (κ3) is 5.98. The SMILES string of the molecule is O=C(Nc1cccc(C(CCN2CCCCC2)Nc2ncnc3c(C(=O)O)cccc23)c1)c1ccccc1. The molecule has 1 amide bonds. The van der Waals surface area contributed by atoms with Crippen molar-refractivity contribution >= 4 is 34.3 Å². The summed E-state index contributed by atoms with van der Waals surface area (Å²) in [5.74, 6) is -0.604. The Kier molecular flexibility index (Phi) is 7.89. The first-order valence-corrected chi connectivity index (χ1v) is 13.0. The summed E-state index contributed by atoms with van der Waals surface area (Å²) < 4.78 is 0. The van der Waals surface area contributed by atoms with E-state index in [0.29, 0.717) is 28.0 Å². The zero-order valence-corrected chi connectivity index (χ0v) is 21.1. The number of piperidine rings is 1. The van der Waals surface area contributed by atoms with Crippen molar-refractivity contribution in [1.29, 1.82) is 0 Å². The van der Waals surface area contributed by atoms with Crippen LogP contribution in [0.5, 0.6) is 0 Å². The molecule has 5 rings (SSSR count). The summed E-state index contributed by atoms with van der Waals surface area (Å²) in [6.45, 7) is 3.11. The monoisotopic (exact) mass is 509 g/mol. The average molecular weight is 510 g/mol. The van der Waals surface area contributed by atoms with Gasteiger partial charge >= 0.3 is 5.97 Å². The number of carboxylic acid groups (broad SMARTS) is 1. The van der Waals surface area contributed by atoms with E-state index in [1.165, 1.54) is 25.6 Å². The molecule has 1 aliphatic heterocycles. The molecular weight excluding hydrogens is 478 g/mol. The highest BCUT2D eigenvalue weighted by molar-refractivity contribution is 6.05. The predicted molar refractivity (Wildman–Crippen MR) is 149 cm³/mol. The molecule has 0 saturated carbocycles. The molecule has 194 valence electrons. The number of hydrogen-bond acceptors (Lipinski definition) is 6. The second kappa shape index (κ2) is 11.8. The van der Waals surface area contributed by atoms with Crippen LogP contribution in [0.15, 0.2) is 79.1 Å². The third-order valence-electron chi connectivity index (χ3n) is 6.97. The van der Waals surface area contributed by atoms with Crippen molar-refractivity contribution in [2.45, 2.75) is 31.7 Å². The van der Waals surface area contributed by atoms with Crippen LogP contribution in [0.1, 0.15) is 58.0 Å². The number of fused-ring (bicyclic) bond motifs is 1. The van der Waals surface area contributed by atoms with Gasteiger partial charge in [0.1, 0.15) is 12.1 Å². The molecule has 8 nitrogen and oxygen atoms in total. The minimum absolute atomic E-state index is 0.114. The van der Waals surface area contributed by atoms with Crippen molar-refractivity contribution in [2.75, 3.05) is 30.3 Å². The summed E-state index contributed by atoms with van der Waals surface area (Å²) in [7, 11) is 0. The zero-order valence-electron chi connectivity index (χ0n) is 21.1. The maximum atomic E-state index is 12.8. The standard InChI is InChI=1S/C30H31N5O3/c36-29(21-9-3-1-4-10-21)33-23-12-7-11-22(19-23)26(15-18-35-16-5-2-6-17-35)34-28-24-13-8-14-25(30(37)38)27(24)31-20-32-28/h1,3-4,7-14,19-20,26H,2,5-6,15-18H2,(H,33,36)(H,37,38)(H,31,32,34). The number of aromatic carboxylic acids is 1. The van der Waals surface area contributed by atoms with Gasteiger partial charge in [-0.1, -0.05) is 42.8 Å². The van der Waals surface area contributed by atoms with Crippen LogP contribution in [0.2, 0.25) is 0 Å². The van der Waals surface area contributed by atoms with Crippen LogP contribution in [0.3, 0.4) is 0 Å². The molecule has 1 atom stereocenters. The fourth-order valence-electron chi connectivity index (χ4n) is 4.98. The highest BCUT2D eigenvalue weighted by Gasteiger charge is 2.19. The summed E-state index contributed by atoms with van der Waals surface area (Å²) in [6, 6.07) is 22.0. The largest absolute Gasteiger partial charge is 0.478 e. The van der Waals surface area contributed by atoms with Gasteiger partial charge in [-0.2, -0.15) is 0 Å². The molecule has 1 saturated heterocycles. The van der Waals surface area contributed by atoms with Gasteiger partial charge in [0, 0.05) is 23.2 Å². The van der Waals surface area contributed by atoms with E-state index in [9.17, 15) is 14.7 Å². The number of nitrogens with zero attached hydrogens (tertiary/aromatic N) is 3. The van der Waals surface area contributed by atoms with Crippen molar-refractivity contribution in [3.63, 3.8) is 0 Å². The van der Waals surface area contributed by atoms with Crippen molar-refractivity contribution in [1.82, 2.24) is 14.9 Å². The highest BCUT2D eigenvalue weighted by atomic mass is 16.4. The average Bonchev–Trinajstić information content (AvgIpc) is 2.96. The Labute approximate surface area is 221 Å². The van der Waals surface area contributed by atoms with E-state index in [1.807, 2.05) is 48.5 Å². The molecule has 8 heteroatoms. The molecule has 1 aromatic heterocycles. The molecule has 1 unspecified atom stereocenters. The molecule has 1 aliphatic rings. The van der Waals surface area contributed by atoms with Crippen LogP contribution < -0.4 is 10.6 Å². The zero-order chi connectivity index (χ0) is 26.3. The smallest absolute Gasteiger partial charge is 0.337 e. The van der Waals surface area contributed by atoms with Crippen molar-refractivity contribution in [3.8, 4) is 0 Å². The van der Waals surface area contributed by atoms with Crippen LogP contribution in [-0.4, -0.2) is 51.5 Å². The number of carbonyl (C=O) groups excluding carboxylic acids is 1. The normalized spacial score (nSPS) is 14.6. The number of carboxylic acids is 1. The Balaban J connectivity index is 1.43. The molecule has 3 aromatic carbocycles. The summed E-state index contributed by atoms with van der Waals surface area (Å²) >= 11 is 0. The Bertz CT molecular complexity index is 1420. The molecule has 4 aromatic rings. The summed E-state index contributed by atoms with van der Waals surface area (Å²) in [4.78, 5) is 35.7. The van der Waals surface area contributed by atoms with Gasteiger partial charge in [0.25, 0.3) is 5.91 Å². The third-order valence-corrected chi connectivity index (χ3v) is 6.97. The molecular formula is C30H31N5O3. The van der Waals surface area contributed by atoms with Gasteiger partial charge in [-0.3, -0.25) is 4.79 Å². The van der Waals surface area contributed by atoms with Gasteiger partial charge in [-0.05, 0) is 74.3 Å². The summed E-state index contributed by atoms with van der Waals surface area (Å²) in [5, 5.41) is 16.9. The Morgan fingerprint density at radius 3 is 2.50 bits per heavy atom. The van der Waals surface area contributed by atoms with E-state index in [1.54, 1.807) is 24.3 Å². The number of rotatable bonds is 9. The minimum Gasteiger partial charge on any atom is -0.478 e. The minimum atomic E-state index is -1.02. The van der Waals surface area contributed by atoms with E-state index >= 15 is 0 Å². The first-order chi connectivity index (χ1) is 18.6. The van der Waals surface area contributed by atoms with Gasteiger partial charge < -0.3 is 20.6 Å². The predicted octanol–water partition coefficient (Wildman–Crippen LogP) is 5.61. The Morgan fingerprint density at radius 2 is 1.71 bits per heavy atom. The van der Waals surface area contributed by atoms with Crippen LogP contribution >= 0.6 is 0 Å². The lowest BCUT2D eigenvalue weighted by Gasteiger charge is -2.29. The van der Waals surface area contributed by atoms with Gasteiger partial charge in [-0.25, -0.2) is 14.8 Å². The van der Waals surface area contributed by atoms with Crippen LogP contribution in [0.4, 0.5) is 11.5 Å². The second-order valence-electron chi connectivity index (χ2n) is 9.56. The van der Waals surface area contributed by atoms with Gasteiger partial charge in [0.2, 0.25) is 0 Å². The van der Waals surface area contributed by atoms with Gasteiger partial charge in [0.15, 0.2) is 0 Å². The lowest BCUT2D eigenvalue weighted by molar-refractivity contribution is 0.0698. The van der Waals surface area contributed by atoms with Crippen LogP contribution in [-0.2, 0) is 0 Å². The number of para-hydroxylation sites is 1. The molecule has 0 bridgehead atoms. The number of nitrogens with one attached hydrogen (secondary N) is 2. The van der Waals surface area contributed by atoms with Crippen LogP contribution in [0, 0.1) is 0 Å². The van der Waals surface area contributed by atoms with E-state index in [0.717, 1.165) is 31.6 Å². The topological polar surface area (TPSA) is 107 Å². The van der Waals surface area contributed by atoms with E-state index in [2.05, 4.69) is 25.5 Å². The Hall–Kier alpha value is -4.30. The number of amides is 1. The number of anilines is 2. The molecule has 2 heterocycles. The molecule has 0 radical (unpaired) electrons. The van der Waals surface area contributed by atoms with Crippen molar-refractivity contribution in [3.05, 3.63) is 95.8 Å². The lowest BCUT2D eigenvalue weighted by Crippen LogP contribution is -2.32. The lowest BCUT2D eigenvalue weighted by atomic mass is 10.0. The summed E-state index contributed by atoms with van der Waals surface area (Å²) in [6.07, 6.45) is 5.93.